The van der Waals surface area contributed by atoms with E-state index in [1.165, 1.54) is 0 Å². The lowest BCUT2D eigenvalue weighted by Crippen LogP contribution is -2.17. The second-order valence-electron chi connectivity index (χ2n) is 3.84. The number of hydrogen-bond donors (Lipinski definition) is 1. The van der Waals surface area contributed by atoms with Gasteiger partial charge in [-0.2, -0.15) is 0 Å². The van der Waals surface area contributed by atoms with Gasteiger partial charge in [0.25, 0.3) is 0 Å². The number of hydrogen-bond acceptors (Lipinski definition) is 2. The monoisotopic (exact) mass is 261 g/mol. The van der Waals surface area contributed by atoms with Crippen LogP contribution in [-0.4, -0.2) is 20.1 Å². The Morgan fingerprint density at radius 3 is 2.25 bits per heavy atom. The number of nitrogens with one attached hydrogen (secondary N) is 1. The molecular weight excluding hydrogens is 246 g/mol. The maximum Gasteiger partial charge on any atom is 0.232 e. The van der Waals surface area contributed by atoms with Crippen LogP contribution >= 0.6 is 11.6 Å². The fourth-order valence-electron chi connectivity index (χ4n) is 1.51. The molecule has 0 aliphatic carbocycles. The minimum absolute atomic E-state index is 0.0590. The van der Waals surface area contributed by atoms with Crippen LogP contribution in [0.25, 0.3) is 0 Å². The lowest BCUT2D eigenvalue weighted by atomic mass is 10.1. The molecule has 0 bridgehead atoms. The third-order valence-corrected chi connectivity index (χ3v) is 3.68. The number of sulfonamides is 1. The highest BCUT2D eigenvalue weighted by molar-refractivity contribution is 7.92. The Morgan fingerprint density at radius 1 is 1.19 bits per heavy atom. The van der Waals surface area contributed by atoms with E-state index in [1.807, 2.05) is 32.0 Å². The standard InChI is InChI=1S/C11H16ClNO2S/c1-9-6-10(2)8-11(7-9)13-16(14,15)5-3-4-12/h6-8,13H,3-5H2,1-2H3. The van der Waals surface area contributed by atoms with Crippen molar-refractivity contribution >= 4 is 27.3 Å². The van der Waals surface area contributed by atoms with Crippen LogP contribution in [-0.2, 0) is 10.0 Å². The fraction of sp³-hybridized carbons (Fsp3) is 0.455. The van der Waals surface area contributed by atoms with Crippen molar-refractivity contribution in [3.63, 3.8) is 0 Å². The van der Waals surface area contributed by atoms with Crippen LogP contribution in [0.3, 0.4) is 0 Å². The van der Waals surface area contributed by atoms with Crippen LogP contribution in [0.4, 0.5) is 5.69 Å². The summed E-state index contributed by atoms with van der Waals surface area (Å²) >= 11 is 5.47. The van der Waals surface area contributed by atoms with Crippen LogP contribution in [0.2, 0.25) is 0 Å². The maximum atomic E-state index is 11.6. The molecule has 0 spiro atoms. The Kier molecular flexibility index (Phi) is 4.62. The molecule has 16 heavy (non-hydrogen) atoms. The normalized spacial score (nSPS) is 11.4. The summed E-state index contributed by atoms with van der Waals surface area (Å²) in [5, 5.41) is 0. The van der Waals surface area contributed by atoms with Gasteiger partial charge >= 0.3 is 0 Å². The molecule has 0 aromatic heterocycles. The maximum absolute atomic E-state index is 11.6. The number of halogens is 1. The Bertz CT molecular complexity index is 437. The summed E-state index contributed by atoms with van der Waals surface area (Å²) in [5.74, 6) is 0.414. The minimum Gasteiger partial charge on any atom is -0.284 e. The van der Waals surface area contributed by atoms with Crippen molar-refractivity contribution in [3.05, 3.63) is 29.3 Å². The summed E-state index contributed by atoms with van der Waals surface area (Å²) in [7, 11) is -3.26. The van der Waals surface area contributed by atoms with E-state index in [1.54, 1.807) is 0 Å². The van der Waals surface area contributed by atoms with Crippen molar-refractivity contribution in [2.24, 2.45) is 0 Å². The second kappa shape index (κ2) is 5.55. The molecule has 90 valence electrons. The molecule has 0 saturated carbocycles. The van der Waals surface area contributed by atoms with Crippen LogP contribution in [0.5, 0.6) is 0 Å². The van der Waals surface area contributed by atoms with Crippen LogP contribution in [0.1, 0.15) is 17.5 Å². The van der Waals surface area contributed by atoms with Crippen molar-refractivity contribution in [1.29, 1.82) is 0 Å². The first kappa shape index (κ1) is 13.3. The van der Waals surface area contributed by atoms with Gasteiger partial charge in [0.15, 0.2) is 0 Å². The number of aryl methyl sites for hydroxylation is 2. The number of rotatable bonds is 5. The van der Waals surface area contributed by atoms with Crippen molar-refractivity contribution in [2.75, 3.05) is 16.4 Å². The van der Waals surface area contributed by atoms with E-state index in [0.29, 0.717) is 18.0 Å². The predicted molar refractivity (Wildman–Crippen MR) is 68.7 cm³/mol. The van der Waals surface area contributed by atoms with Gasteiger partial charge in [-0.05, 0) is 43.5 Å². The SMILES string of the molecule is Cc1cc(C)cc(NS(=O)(=O)CCCCl)c1. The second-order valence-corrected chi connectivity index (χ2v) is 6.06. The molecule has 0 amide bonds. The van der Waals surface area contributed by atoms with Crippen molar-refractivity contribution in [2.45, 2.75) is 20.3 Å². The summed E-state index contributed by atoms with van der Waals surface area (Å²) < 4.78 is 25.8. The summed E-state index contributed by atoms with van der Waals surface area (Å²) in [6.07, 6.45) is 0.460. The van der Waals surface area contributed by atoms with E-state index in [4.69, 9.17) is 11.6 Å². The number of benzene rings is 1. The largest absolute Gasteiger partial charge is 0.284 e. The highest BCUT2D eigenvalue weighted by Crippen LogP contribution is 2.15. The van der Waals surface area contributed by atoms with Gasteiger partial charge in [-0.25, -0.2) is 8.42 Å². The zero-order chi connectivity index (χ0) is 12.2. The van der Waals surface area contributed by atoms with E-state index in [-0.39, 0.29) is 5.75 Å². The van der Waals surface area contributed by atoms with Gasteiger partial charge in [-0.15, -0.1) is 11.6 Å². The lowest BCUT2D eigenvalue weighted by molar-refractivity contribution is 0.600. The summed E-state index contributed by atoms with van der Waals surface area (Å²) in [5.41, 5.74) is 2.69. The third kappa shape index (κ3) is 4.41. The number of anilines is 1. The molecule has 0 heterocycles. The first-order chi connectivity index (χ1) is 7.43. The average molecular weight is 262 g/mol. The zero-order valence-corrected chi connectivity index (χ0v) is 11.0. The number of alkyl halides is 1. The third-order valence-electron chi connectivity index (χ3n) is 2.04. The first-order valence-corrected chi connectivity index (χ1v) is 7.26. The highest BCUT2D eigenvalue weighted by Gasteiger charge is 2.09. The molecule has 0 fully saturated rings. The van der Waals surface area contributed by atoms with Gasteiger partial charge in [0, 0.05) is 11.6 Å². The molecule has 0 atom stereocenters. The van der Waals surface area contributed by atoms with Crippen molar-refractivity contribution < 1.29 is 8.42 Å². The molecule has 0 aliphatic heterocycles. The van der Waals surface area contributed by atoms with Crippen LogP contribution < -0.4 is 4.72 Å². The van der Waals surface area contributed by atoms with E-state index < -0.39 is 10.0 Å². The van der Waals surface area contributed by atoms with Gasteiger partial charge in [-0.3, -0.25) is 4.72 Å². The molecule has 1 N–H and O–H groups in total. The topological polar surface area (TPSA) is 46.2 Å². The van der Waals surface area contributed by atoms with Gasteiger partial charge in [0.2, 0.25) is 10.0 Å². The lowest BCUT2D eigenvalue weighted by Gasteiger charge is -2.09. The van der Waals surface area contributed by atoms with E-state index in [2.05, 4.69) is 4.72 Å². The minimum atomic E-state index is -3.26. The Balaban J connectivity index is 2.80. The molecule has 0 aliphatic rings. The predicted octanol–water partition coefficient (Wildman–Crippen LogP) is 2.67. The summed E-state index contributed by atoms with van der Waals surface area (Å²) in [4.78, 5) is 0. The van der Waals surface area contributed by atoms with Gasteiger partial charge in [-0.1, -0.05) is 6.07 Å². The smallest absolute Gasteiger partial charge is 0.232 e. The molecule has 3 nitrogen and oxygen atoms in total. The molecule has 0 radical (unpaired) electrons. The molecule has 1 rings (SSSR count). The molecule has 5 heteroatoms. The van der Waals surface area contributed by atoms with E-state index in [9.17, 15) is 8.42 Å². The molecule has 1 aromatic carbocycles. The van der Waals surface area contributed by atoms with Gasteiger partial charge in [0.1, 0.15) is 0 Å². The Labute approximate surface area is 102 Å². The van der Waals surface area contributed by atoms with Crippen LogP contribution in [0.15, 0.2) is 18.2 Å². The van der Waals surface area contributed by atoms with Crippen molar-refractivity contribution in [1.82, 2.24) is 0 Å². The average Bonchev–Trinajstić information content (AvgIpc) is 2.12. The first-order valence-electron chi connectivity index (χ1n) is 5.08. The van der Waals surface area contributed by atoms with Crippen LogP contribution in [0, 0.1) is 13.8 Å². The van der Waals surface area contributed by atoms with Gasteiger partial charge in [0.05, 0.1) is 5.75 Å². The highest BCUT2D eigenvalue weighted by atomic mass is 35.5. The molecule has 0 saturated heterocycles. The quantitative estimate of drug-likeness (QED) is 0.829. The van der Waals surface area contributed by atoms with Crippen molar-refractivity contribution in [3.8, 4) is 0 Å². The van der Waals surface area contributed by atoms with Gasteiger partial charge < -0.3 is 0 Å². The molecular formula is C11H16ClNO2S. The fourth-order valence-corrected chi connectivity index (χ4v) is 2.90. The van der Waals surface area contributed by atoms with E-state index >= 15 is 0 Å². The summed E-state index contributed by atoms with van der Waals surface area (Å²) in [6.45, 7) is 3.87. The zero-order valence-electron chi connectivity index (χ0n) is 9.46. The Hall–Kier alpha value is -0.740. The summed E-state index contributed by atoms with van der Waals surface area (Å²) in [6, 6.07) is 5.62. The Morgan fingerprint density at radius 2 is 1.75 bits per heavy atom. The molecule has 1 aromatic rings. The van der Waals surface area contributed by atoms with E-state index in [0.717, 1.165) is 11.1 Å². The molecule has 0 unspecified atom stereocenters.